The Labute approximate surface area is 137 Å². The summed E-state index contributed by atoms with van der Waals surface area (Å²) in [5, 5.41) is 5.33. The summed E-state index contributed by atoms with van der Waals surface area (Å²) in [7, 11) is 0. The average Bonchev–Trinajstić information content (AvgIpc) is 2.46. The highest BCUT2D eigenvalue weighted by molar-refractivity contribution is 6.43. The summed E-state index contributed by atoms with van der Waals surface area (Å²) in [6, 6.07) is 12.2. The van der Waals surface area contributed by atoms with Crippen molar-refractivity contribution in [3.8, 4) is 0 Å². The number of nitrogens with zero attached hydrogens (tertiary/aromatic N) is 1. The Morgan fingerprint density at radius 3 is 2.52 bits per heavy atom. The Morgan fingerprint density at radius 1 is 1.10 bits per heavy atom. The highest BCUT2D eigenvalue weighted by Crippen LogP contribution is 2.24. The third-order valence-electron chi connectivity index (χ3n) is 2.65. The molecule has 6 heteroatoms. The molecule has 0 aliphatic carbocycles. The molecule has 0 saturated carbocycles. The van der Waals surface area contributed by atoms with Crippen molar-refractivity contribution in [3.05, 3.63) is 68.7 Å². The smallest absolute Gasteiger partial charge is 0.244 e. The van der Waals surface area contributed by atoms with Gasteiger partial charge in [0, 0.05) is 10.6 Å². The van der Waals surface area contributed by atoms with Crippen LogP contribution in [0.5, 0.6) is 0 Å². The Morgan fingerprint density at radius 2 is 1.81 bits per heavy atom. The Balaban J connectivity index is 1.93. The Hall–Kier alpha value is -1.55. The van der Waals surface area contributed by atoms with Crippen LogP contribution in [0.25, 0.3) is 0 Å². The fourth-order valence-corrected chi connectivity index (χ4v) is 2.10. The van der Waals surface area contributed by atoms with Crippen molar-refractivity contribution in [2.24, 2.45) is 5.10 Å². The first-order valence-electron chi connectivity index (χ1n) is 6.06. The molecule has 0 heterocycles. The zero-order valence-electron chi connectivity index (χ0n) is 10.8. The van der Waals surface area contributed by atoms with Gasteiger partial charge in [0.2, 0.25) is 5.91 Å². The maximum Gasteiger partial charge on any atom is 0.244 e. The van der Waals surface area contributed by atoms with E-state index in [-0.39, 0.29) is 12.3 Å². The van der Waals surface area contributed by atoms with Crippen molar-refractivity contribution in [1.82, 2.24) is 5.43 Å². The molecular weight excluding hydrogens is 331 g/mol. The molecule has 0 aromatic heterocycles. The van der Waals surface area contributed by atoms with Gasteiger partial charge >= 0.3 is 0 Å². The second kappa shape index (κ2) is 7.46. The summed E-state index contributed by atoms with van der Waals surface area (Å²) in [6.45, 7) is 0. The molecule has 2 aromatic rings. The van der Waals surface area contributed by atoms with Crippen molar-refractivity contribution in [2.45, 2.75) is 6.42 Å². The molecule has 0 radical (unpaired) electrons. The number of rotatable bonds is 4. The first-order valence-corrected chi connectivity index (χ1v) is 7.20. The van der Waals surface area contributed by atoms with Crippen LogP contribution in [0.15, 0.2) is 47.6 Å². The van der Waals surface area contributed by atoms with Crippen LogP contribution in [-0.2, 0) is 11.2 Å². The summed E-state index contributed by atoms with van der Waals surface area (Å²) in [5.41, 5.74) is 3.93. The summed E-state index contributed by atoms with van der Waals surface area (Å²) in [4.78, 5) is 11.7. The average molecular weight is 342 g/mol. The number of nitrogens with one attached hydrogen (secondary N) is 1. The molecule has 0 spiro atoms. The number of carbonyl (C=O) groups excluding carboxylic acids is 1. The van der Waals surface area contributed by atoms with Crippen LogP contribution in [0.2, 0.25) is 15.1 Å². The minimum absolute atomic E-state index is 0.220. The highest BCUT2D eigenvalue weighted by atomic mass is 35.5. The highest BCUT2D eigenvalue weighted by Gasteiger charge is 2.03. The van der Waals surface area contributed by atoms with E-state index in [1.165, 1.54) is 6.21 Å². The van der Waals surface area contributed by atoms with Gasteiger partial charge in [-0.05, 0) is 23.8 Å². The molecule has 0 saturated heterocycles. The van der Waals surface area contributed by atoms with E-state index >= 15 is 0 Å². The van der Waals surface area contributed by atoms with E-state index in [9.17, 15) is 4.79 Å². The van der Waals surface area contributed by atoms with E-state index < -0.39 is 0 Å². The number of amides is 1. The van der Waals surface area contributed by atoms with Gasteiger partial charge in [0.05, 0.1) is 22.7 Å². The van der Waals surface area contributed by atoms with E-state index in [1.54, 1.807) is 42.5 Å². The van der Waals surface area contributed by atoms with Gasteiger partial charge in [-0.15, -0.1) is 0 Å². The van der Waals surface area contributed by atoms with Crippen LogP contribution in [-0.4, -0.2) is 12.1 Å². The van der Waals surface area contributed by atoms with Gasteiger partial charge in [-0.1, -0.05) is 59.1 Å². The quantitative estimate of drug-likeness (QED) is 0.652. The summed E-state index contributed by atoms with van der Waals surface area (Å²) < 4.78 is 0. The minimum Gasteiger partial charge on any atom is -0.273 e. The molecule has 0 aliphatic rings. The van der Waals surface area contributed by atoms with Crippen LogP contribution in [0.1, 0.15) is 11.1 Å². The lowest BCUT2D eigenvalue weighted by Gasteiger charge is -2.02. The Bertz CT molecular complexity index is 669. The second-order valence-corrected chi connectivity index (χ2v) is 5.46. The molecule has 2 rings (SSSR count). The molecule has 0 atom stereocenters. The summed E-state index contributed by atoms with van der Waals surface area (Å²) >= 11 is 17.7. The van der Waals surface area contributed by atoms with E-state index in [0.717, 1.165) is 5.56 Å². The molecule has 108 valence electrons. The van der Waals surface area contributed by atoms with Crippen molar-refractivity contribution >= 4 is 46.9 Å². The predicted octanol–water partition coefficient (Wildman–Crippen LogP) is 4.34. The van der Waals surface area contributed by atoms with Crippen molar-refractivity contribution in [2.75, 3.05) is 0 Å². The third-order valence-corrected chi connectivity index (χ3v) is 3.74. The SMILES string of the molecule is O=C(Cc1ccc(Cl)cc1)N/N=C/c1cccc(Cl)c1Cl. The minimum atomic E-state index is -0.230. The number of hydrogen-bond donors (Lipinski definition) is 1. The zero-order chi connectivity index (χ0) is 15.2. The van der Waals surface area contributed by atoms with E-state index in [0.29, 0.717) is 20.6 Å². The standard InChI is InChI=1S/C15H11Cl3N2O/c16-12-6-4-10(5-7-12)8-14(21)20-19-9-11-2-1-3-13(17)15(11)18/h1-7,9H,8H2,(H,20,21)/b19-9+. The summed E-state index contributed by atoms with van der Waals surface area (Å²) in [5.74, 6) is -0.230. The van der Waals surface area contributed by atoms with E-state index in [1.807, 2.05) is 0 Å². The normalized spacial score (nSPS) is 10.8. The molecule has 2 aromatic carbocycles. The fourth-order valence-electron chi connectivity index (χ4n) is 1.62. The van der Waals surface area contributed by atoms with Crippen molar-refractivity contribution in [1.29, 1.82) is 0 Å². The summed E-state index contributed by atoms with van der Waals surface area (Å²) in [6.07, 6.45) is 1.67. The van der Waals surface area contributed by atoms with Crippen LogP contribution in [0.3, 0.4) is 0 Å². The molecule has 1 amide bonds. The van der Waals surface area contributed by atoms with Crippen LogP contribution >= 0.6 is 34.8 Å². The van der Waals surface area contributed by atoms with Crippen molar-refractivity contribution < 1.29 is 4.79 Å². The maximum absolute atomic E-state index is 11.7. The van der Waals surface area contributed by atoms with Gasteiger partial charge in [-0.25, -0.2) is 5.43 Å². The fraction of sp³-hybridized carbons (Fsp3) is 0.0667. The van der Waals surface area contributed by atoms with Crippen molar-refractivity contribution in [3.63, 3.8) is 0 Å². The predicted molar refractivity (Wildman–Crippen MR) is 87.4 cm³/mol. The molecule has 0 fully saturated rings. The number of hydrogen-bond acceptors (Lipinski definition) is 2. The van der Waals surface area contributed by atoms with Crippen LogP contribution < -0.4 is 5.43 Å². The largest absolute Gasteiger partial charge is 0.273 e. The van der Waals surface area contributed by atoms with Crippen LogP contribution in [0, 0.1) is 0 Å². The number of hydrazone groups is 1. The molecule has 1 N–H and O–H groups in total. The first-order chi connectivity index (χ1) is 10.1. The molecule has 0 bridgehead atoms. The Kier molecular flexibility index (Phi) is 5.62. The number of carbonyl (C=O) groups is 1. The van der Waals surface area contributed by atoms with Gasteiger partial charge < -0.3 is 0 Å². The number of benzene rings is 2. The molecule has 0 aliphatic heterocycles. The van der Waals surface area contributed by atoms with Gasteiger partial charge in [-0.2, -0.15) is 5.10 Å². The van der Waals surface area contributed by atoms with Gasteiger partial charge in [0.15, 0.2) is 0 Å². The lowest BCUT2D eigenvalue weighted by Crippen LogP contribution is -2.19. The first kappa shape index (κ1) is 15.8. The van der Waals surface area contributed by atoms with Gasteiger partial charge in [0.25, 0.3) is 0 Å². The molecule has 21 heavy (non-hydrogen) atoms. The molecular formula is C15H11Cl3N2O. The molecule has 3 nitrogen and oxygen atoms in total. The van der Waals surface area contributed by atoms with Gasteiger partial charge in [-0.3, -0.25) is 4.79 Å². The number of halogens is 3. The lowest BCUT2D eigenvalue weighted by molar-refractivity contribution is -0.120. The third kappa shape index (κ3) is 4.74. The van der Waals surface area contributed by atoms with Gasteiger partial charge in [0.1, 0.15) is 0 Å². The van der Waals surface area contributed by atoms with E-state index in [4.69, 9.17) is 34.8 Å². The monoisotopic (exact) mass is 340 g/mol. The zero-order valence-corrected chi connectivity index (χ0v) is 13.1. The second-order valence-electron chi connectivity index (χ2n) is 4.24. The molecule has 0 unspecified atom stereocenters. The topological polar surface area (TPSA) is 41.5 Å². The van der Waals surface area contributed by atoms with E-state index in [2.05, 4.69) is 10.5 Å². The maximum atomic E-state index is 11.7. The van der Waals surface area contributed by atoms with Crippen LogP contribution in [0.4, 0.5) is 0 Å². The lowest BCUT2D eigenvalue weighted by atomic mass is 10.1.